The van der Waals surface area contributed by atoms with Crippen molar-refractivity contribution in [3.05, 3.63) is 45.0 Å². The van der Waals surface area contributed by atoms with E-state index in [1.54, 1.807) is 6.20 Å². The fourth-order valence-electron chi connectivity index (χ4n) is 1.34. The molecule has 5 heteroatoms. The number of hydrogen-bond acceptors (Lipinski definition) is 2. The third-order valence-corrected chi connectivity index (χ3v) is 3.39. The van der Waals surface area contributed by atoms with E-state index >= 15 is 0 Å². The van der Waals surface area contributed by atoms with Crippen molar-refractivity contribution in [1.82, 2.24) is 9.55 Å². The highest BCUT2D eigenvalue weighted by Gasteiger charge is 2.03. The third kappa shape index (κ3) is 2.68. The van der Waals surface area contributed by atoms with Crippen molar-refractivity contribution in [2.75, 3.05) is 5.32 Å². The van der Waals surface area contributed by atoms with Gasteiger partial charge in [0.2, 0.25) is 0 Å². The van der Waals surface area contributed by atoms with Crippen LogP contribution in [0.25, 0.3) is 0 Å². The Kier molecular flexibility index (Phi) is 3.70. The predicted molar refractivity (Wildman–Crippen MR) is 74.7 cm³/mol. The molecular weight excluding hydrogens is 336 g/mol. The zero-order valence-electron chi connectivity index (χ0n) is 8.74. The molecule has 0 aliphatic heterocycles. The third-order valence-electron chi connectivity index (χ3n) is 2.32. The Hall–Kier alpha value is -0.750. The Morgan fingerprint density at radius 1 is 1.38 bits per heavy atom. The van der Waals surface area contributed by atoms with E-state index in [-0.39, 0.29) is 0 Å². The molecule has 0 aliphatic rings. The second kappa shape index (κ2) is 5.05. The van der Waals surface area contributed by atoms with Gasteiger partial charge in [-0.1, -0.05) is 11.6 Å². The minimum absolute atomic E-state index is 0.652. The number of hydrogen-bond donors (Lipinski definition) is 1. The van der Waals surface area contributed by atoms with Crippen LogP contribution < -0.4 is 5.32 Å². The summed E-state index contributed by atoms with van der Waals surface area (Å²) in [6, 6.07) is 8.22. The van der Waals surface area contributed by atoms with Crippen LogP contribution in [-0.2, 0) is 13.6 Å². The van der Waals surface area contributed by atoms with Crippen LogP contribution in [0.4, 0.5) is 5.69 Å². The van der Waals surface area contributed by atoms with E-state index in [0.29, 0.717) is 11.7 Å². The van der Waals surface area contributed by atoms with Gasteiger partial charge in [-0.3, -0.25) is 0 Å². The summed E-state index contributed by atoms with van der Waals surface area (Å²) in [6.07, 6.45) is 1.66. The average molecular weight is 348 g/mol. The zero-order chi connectivity index (χ0) is 11.5. The number of imidazole rings is 1. The average Bonchev–Trinajstić information content (AvgIpc) is 2.60. The van der Waals surface area contributed by atoms with E-state index in [2.05, 4.69) is 45.0 Å². The van der Waals surface area contributed by atoms with E-state index in [4.69, 9.17) is 11.6 Å². The second-order valence-corrected chi connectivity index (χ2v) is 5.05. The van der Waals surface area contributed by atoms with Gasteiger partial charge in [-0.15, -0.1) is 0 Å². The SMILES string of the molecule is Cn1c(Cl)cnc1CNc1ccc(I)cc1. The Labute approximate surface area is 113 Å². The van der Waals surface area contributed by atoms with Crippen LogP contribution in [0.2, 0.25) is 5.15 Å². The van der Waals surface area contributed by atoms with Crippen molar-refractivity contribution in [2.24, 2.45) is 7.05 Å². The highest BCUT2D eigenvalue weighted by atomic mass is 127. The molecule has 0 saturated carbocycles. The topological polar surface area (TPSA) is 29.9 Å². The molecule has 1 N–H and O–H groups in total. The van der Waals surface area contributed by atoms with Crippen LogP contribution in [0.15, 0.2) is 30.5 Å². The largest absolute Gasteiger partial charge is 0.378 e. The van der Waals surface area contributed by atoms with Gasteiger partial charge in [0, 0.05) is 16.3 Å². The van der Waals surface area contributed by atoms with Gasteiger partial charge in [-0.25, -0.2) is 4.98 Å². The van der Waals surface area contributed by atoms with Crippen LogP contribution in [-0.4, -0.2) is 9.55 Å². The summed E-state index contributed by atoms with van der Waals surface area (Å²) in [6.45, 7) is 0.670. The summed E-state index contributed by atoms with van der Waals surface area (Å²) in [5.74, 6) is 0.920. The number of halogens is 2. The Morgan fingerprint density at radius 2 is 2.06 bits per heavy atom. The Morgan fingerprint density at radius 3 is 2.62 bits per heavy atom. The Bertz CT molecular complexity index is 478. The minimum Gasteiger partial charge on any atom is -0.378 e. The maximum atomic E-state index is 5.90. The monoisotopic (exact) mass is 347 g/mol. The molecule has 0 spiro atoms. The Balaban J connectivity index is 2.02. The molecule has 1 heterocycles. The molecule has 0 unspecified atom stereocenters. The van der Waals surface area contributed by atoms with E-state index < -0.39 is 0 Å². The molecular formula is C11H11ClIN3. The summed E-state index contributed by atoms with van der Waals surface area (Å²) in [5, 5.41) is 3.95. The summed E-state index contributed by atoms with van der Waals surface area (Å²) >= 11 is 8.19. The standard InChI is InChI=1S/C11H11ClIN3/c1-16-10(12)6-15-11(16)7-14-9-4-2-8(13)3-5-9/h2-6,14H,7H2,1H3. The molecule has 0 aliphatic carbocycles. The van der Waals surface area contributed by atoms with Crippen LogP contribution in [0.1, 0.15) is 5.82 Å². The molecule has 0 radical (unpaired) electrons. The van der Waals surface area contributed by atoms with Gasteiger partial charge in [0.15, 0.2) is 0 Å². The quantitative estimate of drug-likeness (QED) is 0.864. The molecule has 84 valence electrons. The number of anilines is 1. The van der Waals surface area contributed by atoms with Gasteiger partial charge in [-0.2, -0.15) is 0 Å². The fourth-order valence-corrected chi connectivity index (χ4v) is 1.84. The predicted octanol–water partition coefficient (Wildman–Crippen LogP) is 3.29. The van der Waals surface area contributed by atoms with E-state index in [0.717, 1.165) is 11.5 Å². The first kappa shape index (κ1) is 11.7. The molecule has 3 nitrogen and oxygen atoms in total. The van der Waals surface area contributed by atoms with Crippen LogP contribution in [0.5, 0.6) is 0 Å². The lowest BCUT2D eigenvalue weighted by molar-refractivity contribution is 0.813. The van der Waals surface area contributed by atoms with Gasteiger partial charge in [0.1, 0.15) is 11.0 Å². The molecule has 0 bridgehead atoms. The molecule has 2 rings (SSSR count). The highest BCUT2D eigenvalue weighted by molar-refractivity contribution is 14.1. The maximum absolute atomic E-state index is 5.90. The lowest BCUT2D eigenvalue weighted by atomic mass is 10.3. The van der Waals surface area contributed by atoms with Gasteiger partial charge in [0.05, 0.1) is 12.7 Å². The van der Waals surface area contributed by atoms with Gasteiger partial charge in [0.25, 0.3) is 0 Å². The van der Waals surface area contributed by atoms with Crippen molar-refractivity contribution in [3.8, 4) is 0 Å². The van der Waals surface area contributed by atoms with Crippen molar-refractivity contribution in [1.29, 1.82) is 0 Å². The normalized spacial score (nSPS) is 10.4. The lowest BCUT2D eigenvalue weighted by Crippen LogP contribution is -2.05. The van der Waals surface area contributed by atoms with Gasteiger partial charge in [-0.05, 0) is 46.9 Å². The molecule has 1 aromatic carbocycles. The molecule has 1 aromatic heterocycles. The maximum Gasteiger partial charge on any atom is 0.128 e. The van der Waals surface area contributed by atoms with Gasteiger partial charge >= 0.3 is 0 Å². The van der Waals surface area contributed by atoms with Crippen LogP contribution >= 0.6 is 34.2 Å². The molecule has 0 amide bonds. The van der Waals surface area contributed by atoms with Crippen molar-refractivity contribution >= 4 is 39.9 Å². The number of benzene rings is 1. The molecule has 0 atom stereocenters. The minimum atomic E-state index is 0.652. The molecule has 16 heavy (non-hydrogen) atoms. The smallest absolute Gasteiger partial charge is 0.128 e. The van der Waals surface area contributed by atoms with E-state index in [9.17, 15) is 0 Å². The zero-order valence-corrected chi connectivity index (χ0v) is 11.7. The summed E-state index contributed by atoms with van der Waals surface area (Å²) in [4.78, 5) is 4.21. The van der Waals surface area contributed by atoms with Crippen molar-refractivity contribution < 1.29 is 0 Å². The van der Waals surface area contributed by atoms with Crippen LogP contribution in [0.3, 0.4) is 0 Å². The van der Waals surface area contributed by atoms with Crippen LogP contribution in [0, 0.1) is 3.57 Å². The molecule has 0 fully saturated rings. The van der Waals surface area contributed by atoms with E-state index in [1.165, 1.54) is 3.57 Å². The second-order valence-electron chi connectivity index (χ2n) is 3.42. The number of nitrogens with one attached hydrogen (secondary N) is 1. The first-order valence-corrected chi connectivity index (χ1v) is 6.28. The van der Waals surface area contributed by atoms with Crippen molar-refractivity contribution in [2.45, 2.75) is 6.54 Å². The first-order valence-electron chi connectivity index (χ1n) is 4.82. The van der Waals surface area contributed by atoms with Gasteiger partial charge < -0.3 is 9.88 Å². The highest BCUT2D eigenvalue weighted by Crippen LogP contribution is 2.13. The number of rotatable bonds is 3. The summed E-state index contributed by atoms with van der Waals surface area (Å²) < 4.78 is 3.09. The lowest BCUT2D eigenvalue weighted by Gasteiger charge is -2.06. The van der Waals surface area contributed by atoms with Crippen molar-refractivity contribution in [3.63, 3.8) is 0 Å². The fraction of sp³-hybridized carbons (Fsp3) is 0.182. The summed E-state index contributed by atoms with van der Waals surface area (Å²) in [7, 11) is 1.90. The molecule has 2 aromatic rings. The van der Waals surface area contributed by atoms with E-state index in [1.807, 2.05) is 23.7 Å². The number of nitrogens with zero attached hydrogens (tertiary/aromatic N) is 2. The summed E-state index contributed by atoms with van der Waals surface area (Å²) in [5.41, 5.74) is 1.08. The first-order chi connectivity index (χ1) is 7.66. The number of aromatic nitrogens is 2. The molecule has 0 saturated heterocycles.